The van der Waals surface area contributed by atoms with Crippen molar-refractivity contribution in [2.75, 3.05) is 5.73 Å². The van der Waals surface area contributed by atoms with Gasteiger partial charge in [0.05, 0.1) is 5.02 Å². The fraction of sp³-hybridized carbons (Fsp3) is 0. The lowest BCUT2D eigenvalue weighted by molar-refractivity contribution is 0.468. The summed E-state index contributed by atoms with van der Waals surface area (Å²) >= 11 is 5.87. The summed E-state index contributed by atoms with van der Waals surface area (Å²) < 4.78 is 31.1. The highest BCUT2D eigenvalue weighted by Gasteiger charge is 2.06. The highest BCUT2D eigenvalue weighted by Crippen LogP contribution is 2.31. The van der Waals surface area contributed by atoms with E-state index in [0.717, 1.165) is 18.2 Å². The smallest absolute Gasteiger partial charge is 0.146 e. The number of halogens is 3. The monoisotopic (exact) mass is 255 g/mol. The van der Waals surface area contributed by atoms with Crippen LogP contribution in [0.15, 0.2) is 36.4 Å². The van der Waals surface area contributed by atoms with Crippen molar-refractivity contribution in [3.8, 4) is 11.5 Å². The van der Waals surface area contributed by atoms with Crippen molar-refractivity contribution in [2.24, 2.45) is 0 Å². The Balaban J connectivity index is 2.31. The first-order valence-electron chi connectivity index (χ1n) is 4.73. The van der Waals surface area contributed by atoms with Gasteiger partial charge in [-0.2, -0.15) is 0 Å². The minimum atomic E-state index is -0.716. The molecule has 2 rings (SSSR count). The second-order valence-electron chi connectivity index (χ2n) is 3.40. The SMILES string of the molecule is Nc1ccc(Oc2cc(F)cc(F)c2)c(Cl)c1. The van der Waals surface area contributed by atoms with E-state index in [2.05, 4.69) is 0 Å². The summed E-state index contributed by atoms with van der Waals surface area (Å²) in [4.78, 5) is 0. The zero-order valence-electron chi connectivity index (χ0n) is 8.58. The quantitative estimate of drug-likeness (QED) is 0.824. The lowest BCUT2D eigenvalue weighted by Gasteiger charge is -2.08. The van der Waals surface area contributed by atoms with Crippen LogP contribution < -0.4 is 10.5 Å². The van der Waals surface area contributed by atoms with Gasteiger partial charge in [-0.1, -0.05) is 11.6 Å². The van der Waals surface area contributed by atoms with Crippen molar-refractivity contribution in [2.45, 2.75) is 0 Å². The molecule has 2 N–H and O–H groups in total. The third-order valence-electron chi connectivity index (χ3n) is 2.02. The van der Waals surface area contributed by atoms with Crippen LogP contribution in [-0.2, 0) is 0 Å². The summed E-state index contributed by atoms with van der Waals surface area (Å²) in [6.07, 6.45) is 0. The van der Waals surface area contributed by atoms with Gasteiger partial charge in [-0.3, -0.25) is 0 Å². The van der Waals surface area contributed by atoms with Gasteiger partial charge in [0.2, 0.25) is 0 Å². The molecule has 0 unspecified atom stereocenters. The largest absolute Gasteiger partial charge is 0.456 e. The van der Waals surface area contributed by atoms with E-state index in [9.17, 15) is 8.78 Å². The van der Waals surface area contributed by atoms with Gasteiger partial charge >= 0.3 is 0 Å². The van der Waals surface area contributed by atoms with Crippen LogP contribution in [-0.4, -0.2) is 0 Å². The molecule has 0 radical (unpaired) electrons. The van der Waals surface area contributed by atoms with Crippen LogP contribution in [0, 0.1) is 11.6 Å². The summed E-state index contributed by atoms with van der Waals surface area (Å²) in [5, 5.41) is 0.273. The van der Waals surface area contributed by atoms with E-state index in [1.54, 1.807) is 6.07 Å². The molecule has 2 nitrogen and oxygen atoms in total. The minimum Gasteiger partial charge on any atom is -0.456 e. The molecule has 0 spiro atoms. The van der Waals surface area contributed by atoms with Gasteiger partial charge in [0.15, 0.2) is 0 Å². The second kappa shape index (κ2) is 4.59. The number of hydrogen-bond acceptors (Lipinski definition) is 2. The zero-order valence-corrected chi connectivity index (χ0v) is 9.34. The summed E-state index contributed by atoms with van der Waals surface area (Å²) in [6.45, 7) is 0. The maximum Gasteiger partial charge on any atom is 0.146 e. The molecule has 0 fully saturated rings. The number of nitrogens with two attached hydrogens (primary N) is 1. The number of rotatable bonds is 2. The second-order valence-corrected chi connectivity index (χ2v) is 3.80. The van der Waals surface area contributed by atoms with Crippen LogP contribution in [0.2, 0.25) is 5.02 Å². The highest BCUT2D eigenvalue weighted by atomic mass is 35.5. The van der Waals surface area contributed by atoms with Crippen LogP contribution in [0.5, 0.6) is 11.5 Å². The van der Waals surface area contributed by atoms with Crippen molar-refractivity contribution < 1.29 is 13.5 Å². The molecule has 0 aliphatic carbocycles. The third-order valence-corrected chi connectivity index (χ3v) is 2.32. The van der Waals surface area contributed by atoms with E-state index in [4.69, 9.17) is 22.1 Å². The van der Waals surface area contributed by atoms with Crippen molar-refractivity contribution in [3.63, 3.8) is 0 Å². The Kier molecular flexibility index (Phi) is 3.15. The average Bonchev–Trinajstić information content (AvgIpc) is 2.21. The highest BCUT2D eigenvalue weighted by molar-refractivity contribution is 6.32. The molecule has 0 saturated carbocycles. The molecule has 17 heavy (non-hydrogen) atoms. The predicted molar refractivity (Wildman–Crippen MR) is 62.3 cm³/mol. The Morgan fingerprint density at radius 2 is 1.65 bits per heavy atom. The van der Waals surface area contributed by atoms with Crippen LogP contribution in [0.4, 0.5) is 14.5 Å². The van der Waals surface area contributed by atoms with E-state index in [0.29, 0.717) is 5.69 Å². The van der Waals surface area contributed by atoms with Gasteiger partial charge in [0, 0.05) is 23.9 Å². The van der Waals surface area contributed by atoms with E-state index in [-0.39, 0.29) is 16.5 Å². The number of anilines is 1. The topological polar surface area (TPSA) is 35.2 Å². The van der Waals surface area contributed by atoms with Crippen LogP contribution in [0.25, 0.3) is 0 Å². The maximum atomic E-state index is 12.9. The third kappa shape index (κ3) is 2.85. The molecule has 88 valence electrons. The summed E-state index contributed by atoms with van der Waals surface area (Å²) in [5.41, 5.74) is 5.99. The molecule has 0 aliphatic heterocycles. The number of hydrogen-bond donors (Lipinski definition) is 1. The van der Waals surface area contributed by atoms with Crippen molar-refractivity contribution in [1.82, 2.24) is 0 Å². The lowest BCUT2D eigenvalue weighted by atomic mass is 10.3. The Morgan fingerprint density at radius 3 is 2.24 bits per heavy atom. The summed E-state index contributed by atoms with van der Waals surface area (Å²) in [7, 11) is 0. The Morgan fingerprint density at radius 1 is 1.00 bits per heavy atom. The minimum absolute atomic E-state index is 0.0363. The predicted octanol–water partition coefficient (Wildman–Crippen LogP) is 3.99. The van der Waals surface area contributed by atoms with Gasteiger partial charge < -0.3 is 10.5 Å². The lowest BCUT2D eigenvalue weighted by Crippen LogP contribution is -1.90. The molecule has 0 atom stereocenters. The number of ether oxygens (including phenoxy) is 1. The molecule has 0 bridgehead atoms. The maximum absolute atomic E-state index is 12.9. The van der Waals surface area contributed by atoms with Gasteiger partial charge in [-0.15, -0.1) is 0 Å². The molecule has 0 aliphatic rings. The molecule has 0 heterocycles. The first kappa shape index (κ1) is 11.7. The fourth-order valence-electron chi connectivity index (χ4n) is 1.31. The zero-order chi connectivity index (χ0) is 12.4. The van der Waals surface area contributed by atoms with E-state index < -0.39 is 11.6 Å². The Hall–Kier alpha value is -1.81. The van der Waals surface area contributed by atoms with E-state index in [1.807, 2.05) is 0 Å². The summed E-state index contributed by atoms with van der Waals surface area (Å²) in [6, 6.07) is 7.49. The molecule has 0 saturated heterocycles. The fourth-order valence-corrected chi connectivity index (χ4v) is 1.54. The van der Waals surface area contributed by atoms with Crippen LogP contribution in [0.1, 0.15) is 0 Å². The van der Waals surface area contributed by atoms with Gasteiger partial charge in [0.25, 0.3) is 0 Å². The van der Waals surface area contributed by atoms with Gasteiger partial charge in [0.1, 0.15) is 23.1 Å². The van der Waals surface area contributed by atoms with E-state index in [1.165, 1.54) is 12.1 Å². The number of nitrogen functional groups attached to an aromatic ring is 1. The normalized spacial score (nSPS) is 10.3. The van der Waals surface area contributed by atoms with Gasteiger partial charge in [-0.25, -0.2) is 8.78 Å². The standard InChI is InChI=1S/C12H8ClF2NO/c13-11-6-9(16)1-2-12(11)17-10-4-7(14)3-8(15)5-10/h1-6H,16H2. The first-order valence-corrected chi connectivity index (χ1v) is 5.11. The molecular weight excluding hydrogens is 248 g/mol. The molecular formula is C12H8ClF2NO. The van der Waals surface area contributed by atoms with E-state index >= 15 is 0 Å². The van der Waals surface area contributed by atoms with Crippen molar-refractivity contribution >= 4 is 17.3 Å². The van der Waals surface area contributed by atoms with Gasteiger partial charge in [-0.05, 0) is 18.2 Å². The molecule has 0 aromatic heterocycles. The van der Waals surface area contributed by atoms with Crippen LogP contribution >= 0.6 is 11.6 Å². The molecule has 0 amide bonds. The average molecular weight is 256 g/mol. The van der Waals surface area contributed by atoms with Crippen molar-refractivity contribution in [1.29, 1.82) is 0 Å². The van der Waals surface area contributed by atoms with Crippen LogP contribution in [0.3, 0.4) is 0 Å². The first-order chi connectivity index (χ1) is 8.04. The molecule has 2 aromatic carbocycles. The number of benzene rings is 2. The Labute approximate surface area is 102 Å². The summed E-state index contributed by atoms with van der Waals surface area (Å²) in [5.74, 6) is -1.11. The Bertz CT molecular complexity index is 540. The van der Waals surface area contributed by atoms with Crippen molar-refractivity contribution in [3.05, 3.63) is 53.1 Å². The molecule has 5 heteroatoms. The molecule has 2 aromatic rings.